The Labute approximate surface area is 110 Å². The van der Waals surface area contributed by atoms with E-state index in [9.17, 15) is 0 Å². The summed E-state index contributed by atoms with van der Waals surface area (Å²) in [5.74, 6) is 1.21. The minimum atomic E-state index is 0.540. The van der Waals surface area contributed by atoms with Gasteiger partial charge in [0.2, 0.25) is 0 Å². The number of benzene rings is 1. The Hall–Kier alpha value is -2.27. The van der Waals surface area contributed by atoms with E-state index in [0.717, 1.165) is 23.0 Å². The molecule has 0 spiro atoms. The van der Waals surface area contributed by atoms with Crippen LogP contribution in [-0.4, -0.2) is 21.7 Å². The largest absolute Gasteiger partial charge is 0.334 e. The third kappa shape index (κ3) is 2.46. The summed E-state index contributed by atoms with van der Waals surface area (Å²) >= 11 is 0. The lowest BCUT2D eigenvalue weighted by atomic mass is 10.1. The van der Waals surface area contributed by atoms with E-state index in [0.29, 0.717) is 18.3 Å². The molecule has 1 N–H and O–H groups in total. The minimum absolute atomic E-state index is 0.540. The van der Waals surface area contributed by atoms with E-state index in [1.807, 2.05) is 37.3 Å². The van der Waals surface area contributed by atoms with Crippen LogP contribution in [0.3, 0.4) is 0 Å². The number of nitrogens with one attached hydrogen (secondary N) is 1. The van der Waals surface area contributed by atoms with Gasteiger partial charge < -0.3 is 9.84 Å². The minimum Gasteiger partial charge on any atom is -0.334 e. The molecule has 3 aromatic rings. The Kier molecular flexibility index (Phi) is 3.20. The Morgan fingerprint density at radius 2 is 2.21 bits per heavy atom. The van der Waals surface area contributed by atoms with E-state index in [1.54, 1.807) is 6.20 Å². The topological polar surface area (TPSA) is 63.8 Å². The maximum atomic E-state index is 5.28. The highest BCUT2D eigenvalue weighted by atomic mass is 16.5. The first-order valence-corrected chi connectivity index (χ1v) is 6.25. The van der Waals surface area contributed by atoms with Gasteiger partial charge in [0.1, 0.15) is 0 Å². The van der Waals surface area contributed by atoms with Gasteiger partial charge in [0, 0.05) is 17.1 Å². The summed E-state index contributed by atoms with van der Waals surface area (Å²) in [7, 11) is 0. The van der Waals surface area contributed by atoms with Crippen LogP contribution in [-0.2, 0) is 6.54 Å². The Morgan fingerprint density at radius 1 is 1.26 bits per heavy atom. The number of hydrogen-bond donors (Lipinski definition) is 1. The Bertz CT molecular complexity index is 692. The standard InChI is InChI=1S/C14H14N4O/c1-2-15-9-13-17-14(19-18-13)11-5-6-12-10(8-11)4-3-7-16-12/h3-8,15H,2,9H2,1H3. The van der Waals surface area contributed by atoms with Crippen LogP contribution in [0.1, 0.15) is 12.7 Å². The van der Waals surface area contributed by atoms with Crippen molar-refractivity contribution < 1.29 is 4.52 Å². The van der Waals surface area contributed by atoms with Gasteiger partial charge in [-0.25, -0.2) is 0 Å². The van der Waals surface area contributed by atoms with Crippen LogP contribution in [0.2, 0.25) is 0 Å². The molecule has 1 aromatic carbocycles. The van der Waals surface area contributed by atoms with Gasteiger partial charge in [-0.15, -0.1) is 0 Å². The fourth-order valence-corrected chi connectivity index (χ4v) is 1.89. The molecular weight excluding hydrogens is 240 g/mol. The molecule has 0 saturated heterocycles. The Morgan fingerprint density at radius 3 is 3.11 bits per heavy atom. The molecule has 2 aromatic heterocycles. The lowest BCUT2D eigenvalue weighted by Gasteiger charge is -1.98. The molecule has 19 heavy (non-hydrogen) atoms. The van der Waals surface area contributed by atoms with Crippen LogP contribution < -0.4 is 5.32 Å². The summed E-state index contributed by atoms with van der Waals surface area (Å²) in [4.78, 5) is 8.65. The molecule has 0 bridgehead atoms. The number of fused-ring (bicyclic) bond motifs is 1. The van der Waals surface area contributed by atoms with E-state index in [4.69, 9.17) is 4.52 Å². The predicted octanol–water partition coefficient (Wildman–Crippen LogP) is 2.39. The van der Waals surface area contributed by atoms with Gasteiger partial charge in [-0.05, 0) is 30.8 Å². The normalized spacial score (nSPS) is 11.0. The van der Waals surface area contributed by atoms with Crippen molar-refractivity contribution in [2.45, 2.75) is 13.5 Å². The highest BCUT2D eigenvalue weighted by Gasteiger charge is 2.09. The summed E-state index contributed by atoms with van der Waals surface area (Å²) in [6.45, 7) is 3.54. The molecular formula is C14H14N4O. The summed E-state index contributed by atoms with van der Waals surface area (Å²) in [5, 5.41) is 8.17. The van der Waals surface area contributed by atoms with Crippen molar-refractivity contribution in [3.63, 3.8) is 0 Å². The maximum absolute atomic E-state index is 5.28. The molecule has 0 saturated carbocycles. The fourth-order valence-electron chi connectivity index (χ4n) is 1.89. The van der Waals surface area contributed by atoms with Gasteiger partial charge in [0.15, 0.2) is 5.82 Å². The summed E-state index contributed by atoms with van der Waals surface area (Å²) in [5.41, 5.74) is 1.87. The first kappa shape index (κ1) is 11.8. The Balaban J connectivity index is 1.92. The average molecular weight is 254 g/mol. The molecule has 0 radical (unpaired) electrons. The van der Waals surface area contributed by atoms with Crippen molar-refractivity contribution >= 4 is 10.9 Å². The molecule has 0 unspecified atom stereocenters. The lowest BCUT2D eigenvalue weighted by molar-refractivity contribution is 0.420. The highest BCUT2D eigenvalue weighted by Crippen LogP contribution is 2.21. The van der Waals surface area contributed by atoms with Gasteiger partial charge in [0.25, 0.3) is 5.89 Å². The summed E-state index contributed by atoms with van der Waals surface area (Å²) in [6.07, 6.45) is 1.78. The van der Waals surface area contributed by atoms with Crippen LogP contribution in [0.5, 0.6) is 0 Å². The fraction of sp³-hybridized carbons (Fsp3) is 0.214. The van der Waals surface area contributed by atoms with E-state index < -0.39 is 0 Å². The summed E-state index contributed by atoms with van der Waals surface area (Å²) in [6, 6.07) is 9.84. The highest BCUT2D eigenvalue weighted by molar-refractivity contribution is 5.82. The molecule has 0 atom stereocenters. The van der Waals surface area contributed by atoms with Crippen molar-refractivity contribution in [1.29, 1.82) is 0 Å². The molecule has 2 heterocycles. The average Bonchev–Trinajstić information content (AvgIpc) is 2.93. The number of hydrogen-bond acceptors (Lipinski definition) is 5. The second-order valence-corrected chi connectivity index (χ2v) is 4.21. The zero-order chi connectivity index (χ0) is 13.1. The molecule has 0 fully saturated rings. The SMILES string of the molecule is CCNCc1noc(-c2ccc3ncccc3c2)n1. The lowest BCUT2D eigenvalue weighted by Crippen LogP contribution is -2.12. The third-order valence-corrected chi connectivity index (χ3v) is 2.85. The van der Waals surface area contributed by atoms with Gasteiger partial charge in [-0.2, -0.15) is 4.98 Å². The number of rotatable bonds is 4. The zero-order valence-electron chi connectivity index (χ0n) is 10.6. The first-order valence-electron chi connectivity index (χ1n) is 6.25. The van der Waals surface area contributed by atoms with Crippen LogP contribution in [0.4, 0.5) is 0 Å². The molecule has 96 valence electrons. The second-order valence-electron chi connectivity index (χ2n) is 4.21. The van der Waals surface area contributed by atoms with Crippen LogP contribution in [0, 0.1) is 0 Å². The molecule has 0 aliphatic heterocycles. The van der Waals surface area contributed by atoms with Crippen LogP contribution in [0.15, 0.2) is 41.1 Å². The van der Waals surface area contributed by atoms with Crippen LogP contribution >= 0.6 is 0 Å². The van der Waals surface area contributed by atoms with E-state index in [2.05, 4.69) is 20.4 Å². The first-order chi connectivity index (χ1) is 9.36. The smallest absolute Gasteiger partial charge is 0.257 e. The number of aromatic nitrogens is 3. The predicted molar refractivity (Wildman–Crippen MR) is 72.4 cm³/mol. The van der Waals surface area contributed by atoms with E-state index in [-0.39, 0.29) is 0 Å². The summed E-state index contributed by atoms with van der Waals surface area (Å²) < 4.78 is 5.28. The molecule has 0 aliphatic carbocycles. The van der Waals surface area contributed by atoms with Gasteiger partial charge in [0.05, 0.1) is 12.1 Å². The van der Waals surface area contributed by atoms with Crippen molar-refractivity contribution in [3.8, 4) is 11.5 Å². The van der Waals surface area contributed by atoms with Crippen molar-refractivity contribution in [2.75, 3.05) is 6.54 Å². The molecule has 5 nitrogen and oxygen atoms in total. The van der Waals surface area contributed by atoms with Crippen LogP contribution in [0.25, 0.3) is 22.4 Å². The van der Waals surface area contributed by atoms with Crippen molar-refractivity contribution in [1.82, 2.24) is 20.4 Å². The maximum Gasteiger partial charge on any atom is 0.257 e. The zero-order valence-corrected chi connectivity index (χ0v) is 10.6. The second kappa shape index (κ2) is 5.16. The van der Waals surface area contributed by atoms with Gasteiger partial charge in [-0.1, -0.05) is 18.1 Å². The monoisotopic (exact) mass is 254 g/mol. The molecule has 5 heteroatoms. The van der Waals surface area contributed by atoms with Crippen molar-refractivity contribution in [2.24, 2.45) is 0 Å². The number of nitrogens with zero attached hydrogens (tertiary/aromatic N) is 3. The number of pyridine rings is 1. The van der Waals surface area contributed by atoms with Gasteiger partial charge >= 0.3 is 0 Å². The van der Waals surface area contributed by atoms with Crippen molar-refractivity contribution in [3.05, 3.63) is 42.4 Å². The van der Waals surface area contributed by atoms with E-state index >= 15 is 0 Å². The van der Waals surface area contributed by atoms with Gasteiger partial charge in [-0.3, -0.25) is 4.98 Å². The quantitative estimate of drug-likeness (QED) is 0.774. The third-order valence-electron chi connectivity index (χ3n) is 2.85. The van der Waals surface area contributed by atoms with E-state index in [1.165, 1.54) is 0 Å². The molecule has 0 amide bonds. The molecule has 0 aliphatic rings. The molecule has 3 rings (SSSR count).